The van der Waals surface area contributed by atoms with Crippen molar-refractivity contribution in [2.45, 2.75) is 69.6 Å². The second-order valence-electron chi connectivity index (χ2n) is 5.63. The lowest BCUT2D eigenvalue weighted by atomic mass is 9.86. The molecular weight excluding hydrogens is 244 g/mol. The fourth-order valence-electron chi connectivity index (χ4n) is 2.83. The minimum atomic E-state index is -0.155. The molecule has 2 N–H and O–H groups in total. The summed E-state index contributed by atoms with van der Waals surface area (Å²) in [6.07, 6.45) is 10.3. The molecule has 1 aromatic heterocycles. The van der Waals surface area contributed by atoms with Crippen molar-refractivity contribution in [2.75, 3.05) is 0 Å². The number of thiazole rings is 1. The highest BCUT2D eigenvalue weighted by atomic mass is 32.1. The smallest absolute Gasteiger partial charge is 0.0959 e. The molecule has 0 amide bonds. The van der Waals surface area contributed by atoms with Gasteiger partial charge < -0.3 is 10.4 Å². The van der Waals surface area contributed by atoms with Crippen molar-refractivity contribution in [2.24, 2.45) is 0 Å². The topological polar surface area (TPSA) is 45.1 Å². The predicted octanol–water partition coefficient (Wildman–Crippen LogP) is 2.80. The summed E-state index contributed by atoms with van der Waals surface area (Å²) >= 11 is 1.85. The summed E-state index contributed by atoms with van der Waals surface area (Å²) in [6, 6.07) is 0.285. The Morgan fingerprint density at radius 2 is 2.06 bits per heavy atom. The first-order valence-corrected chi connectivity index (χ1v) is 8.00. The van der Waals surface area contributed by atoms with Gasteiger partial charge in [-0.2, -0.15) is 0 Å². The van der Waals surface area contributed by atoms with Crippen LogP contribution in [0.15, 0.2) is 6.20 Å². The van der Waals surface area contributed by atoms with Crippen LogP contribution in [0.3, 0.4) is 0 Å². The van der Waals surface area contributed by atoms with E-state index in [-0.39, 0.29) is 12.1 Å². The van der Waals surface area contributed by atoms with E-state index < -0.39 is 0 Å². The molecule has 0 bridgehead atoms. The molecule has 0 spiro atoms. The lowest BCUT2D eigenvalue weighted by Crippen LogP contribution is -2.41. The molecule has 2 unspecified atom stereocenters. The maximum absolute atomic E-state index is 9.91. The third kappa shape index (κ3) is 2.76. The second-order valence-corrected chi connectivity index (χ2v) is 6.78. The van der Waals surface area contributed by atoms with Crippen molar-refractivity contribution < 1.29 is 5.11 Å². The van der Waals surface area contributed by atoms with E-state index in [1.165, 1.54) is 42.0 Å². The molecule has 2 atom stereocenters. The second kappa shape index (κ2) is 5.68. The SMILES string of the molecule is OC1CCCCC1NCc1cnc(C2CCC2)s1. The Labute approximate surface area is 113 Å². The molecule has 0 aromatic carbocycles. The van der Waals surface area contributed by atoms with Crippen molar-refractivity contribution in [3.05, 3.63) is 16.1 Å². The molecule has 1 heterocycles. The van der Waals surface area contributed by atoms with E-state index >= 15 is 0 Å². The number of nitrogens with zero attached hydrogens (tertiary/aromatic N) is 1. The number of hydrogen-bond acceptors (Lipinski definition) is 4. The first-order chi connectivity index (χ1) is 8.83. The Hall–Kier alpha value is -0.450. The van der Waals surface area contributed by atoms with E-state index in [0.717, 1.165) is 25.3 Å². The van der Waals surface area contributed by atoms with Gasteiger partial charge >= 0.3 is 0 Å². The first kappa shape index (κ1) is 12.6. The van der Waals surface area contributed by atoms with Gasteiger partial charge in [-0.1, -0.05) is 19.3 Å². The highest BCUT2D eigenvalue weighted by Gasteiger charge is 2.24. The Morgan fingerprint density at radius 1 is 1.22 bits per heavy atom. The third-order valence-corrected chi connectivity index (χ3v) is 5.45. The Morgan fingerprint density at radius 3 is 2.78 bits per heavy atom. The summed E-state index contributed by atoms with van der Waals surface area (Å²) in [5, 5.41) is 14.7. The standard InChI is InChI=1S/C14H22N2OS/c17-13-7-2-1-6-12(13)15-8-11-9-16-14(18-11)10-4-3-5-10/h9-10,12-13,15,17H,1-8H2. The van der Waals surface area contributed by atoms with Crippen LogP contribution in [0.5, 0.6) is 0 Å². The van der Waals surface area contributed by atoms with Gasteiger partial charge in [-0.25, -0.2) is 4.98 Å². The molecular formula is C14H22N2OS. The van der Waals surface area contributed by atoms with Crippen LogP contribution < -0.4 is 5.32 Å². The molecule has 4 heteroatoms. The maximum Gasteiger partial charge on any atom is 0.0959 e. The molecule has 100 valence electrons. The van der Waals surface area contributed by atoms with Crippen LogP contribution in [-0.4, -0.2) is 22.2 Å². The number of aliphatic hydroxyl groups is 1. The summed E-state index contributed by atoms with van der Waals surface area (Å²) < 4.78 is 0. The van der Waals surface area contributed by atoms with Crippen LogP contribution in [0.25, 0.3) is 0 Å². The molecule has 18 heavy (non-hydrogen) atoms. The number of rotatable bonds is 4. The summed E-state index contributed by atoms with van der Waals surface area (Å²) in [5.41, 5.74) is 0. The van der Waals surface area contributed by atoms with Crippen molar-refractivity contribution >= 4 is 11.3 Å². The normalized spacial score (nSPS) is 29.2. The van der Waals surface area contributed by atoms with Crippen LogP contribution in [-0.2, 0) is 6.54 Å². The molecule has 3 nitrogen and oxygen atoms in total. The van der Waals surface area contributed by atoms with Gasteiger partial charge in [0.2, 0.25) is 0 Å². The number of hydrogen-bond donors (Lipinski definition) is 2. The van der Waals surface area contributed by atoms with Gasteiger partial charge in [-0.15, -0.1) is 11.3 Å². The summed E-state index contributed by atoms with van der Waals surface area (Å²) in [4.78, 5) is 5.85. The van der Waals surface area contributed by atoms with E-state index in [1.807, 2.05) is 17.5 Å². The average Bonchev–Trinajstić information content (AvgIpc) is 2.74. The van der Waals surface area contributed by atoms with Crippen LogP contribution in [0.1, 0.15) is 60.7 Å². The molecule has 0 radical (unpaired) electrons. The van der Waals surface area contributed by atoms with E-state index in [1.54, 1.807) is 0 Å². The number of nitrogens with one attached hydrogen (secondary N) is 1. The summed E-state index contributed by atoms with van der Waals surface area (Å²) in [5.74, 6) is 0.740. The highest BCUT2D eigenvalue weighted by molar-refractivity contribution is 7.11. The fourth-order valence-corrected chi connectivity index (χ4v) is 3.87. The molecule has 0 saturated heterocycles. The molecule has 2 aliphatic carbocycles. The van der Waals surface area contributed by atoms with Gasteiger partial charge in [0.05, 0.1) is 11.1 Å². The van der Waals surface area contributed by atoms with Gasteiger partial charge in [-0.05, 0) is 25.7 Å². The predicted molar refractivity (Wildman–Crippen MR) is 73.8 cm³/mol. The maximum atomic E-state index is 9.91. The molecule has 3 rings (SSSR count). The van der Waals surface area contributed by atoms with Crippen LogP contribution in [0.2, 0.25) is 0 Å². The lowest BCUT2D eigenvalue weighted by Gasteiger charge is -2.28. The van der Waals surface area contributed by atoms with E-state index in [9.17, 15) is 5.11 Å². The van der Waals surface area contributed by atoms with Crippen LogP contribution in [0, 0.1) is 0 Å². The Bertz CT molecular complexity index is 389. The van der Waals surface area contributed by atoms with E-state index in [4.69, 9.17) is 0 Å². The zero-order valence-electron chi connectivity index (χ0n) is 10.8. The summed E-state index contributed by atoms with van der Waals surface area (Å²) in [6.45, 7) is 0.867. The first-order valence-electron chi connectivity index (χ1n) is 7.19. The molecule has 2 aliphatic rings. The Kier molecular flexibility index (Phi) is 3.97. The van der Waals surface area contributed by atoms with E-state index in [0.29, 0.717) is 0 Å². The largest absolute Gasteiger partial charge is 0.392 e. The lowest BCUT2D eigenvalue weighted by molar-refractivity contribution is 0.0904. The van der Waals surface area contributed by atoms with E-state index in [2.05, 4.69) is 10.3 Å². The minimum Gasteiger partial charge on any atom is -0.392 e. The third-order valence-electron chi connectivity index (χ3n) is 4.29. The van der Waals surface area contributed by atoms with Gasteiger partial charge in [0.1, 0.15) is 0 Å². The number of aliphatic hydroxyl groups excluding tert-OH is 1. The highest BCUT2D eigenvalue weighted by Crippen LogP contribution is 2.38. The van der Waals surface area contributed by atoms with Gasteiger partial charge in [0.15, 0.2) is 0 Å². The van der Waals surface area contributed by atoms with Crippen LogP contribution in [0.4, 0.5) is 0 Å². The van der Waals surface area contributed by atoms with Crippen LogP contribution >= 0.6 is 11.3 Å². The van der Waals surface area contributed by atoms with Crippen molar-refractivity contribution in [3.63, 3.8) is 0 Å². The molecule has 2 saturated carbocycles. The van der Waals surface area contributed by atoms with Gasteiger partial charge in [-0.3, -0.25) is 0 Å². The zero-order chi connectivity index (χ0) is 12.4. The minimum absolute atomic E-state index is 0.155. The molecule has 0 aliphatic heterocycles. The molecule has 2 fully saturated rings. The van der Waals surface area contributed by atoms with Crippen molar-refractivity contribution in [1.29, 1.82) is 0 Å². The quantitative estimate of drug-likeness (QED) is 0.881. The zero-order valence-corrected chi connectivity index (χ0v) is 11.6. The van der Waals surface area contributed by atoms with Gasteiger partial charge in [0.25, 0.3) is 0 Å². The number of aromatic nitrogens is 1. The monoisotopic (exact) mass is 266 g/mol. The fraction of sp³-hybridized carbons (Fsp3) is 0.786. The molecule has 1 aromatic rings. The van der Waals surface area contributed by atoms with Gasteiger partial charge in [0, 0.05) is 29.6 Å². The average molecular weight is 266 g/mol. The Balaban J connectivity index is 1.51. The van der Waals surface area contributed by atoms with Crippen molar-refractivity contribution in [3.8, 4) is 0 Å². The van der Waals surface area contributed by atoms with Crippen molar-refractivity contribution in [1.82, 2.24) is 10.3 Å². The summed E-state index contributed by atoms with van der Waals surface area (Å²) in [7, 11) is 0.